The Hall–Kier alpha value is -3.49. The zero-order chi connectivity index (χ0) is 18.6. The molecule has 0 saturated carbocycles. The normalized spacial score (nSPS) is 11.4. The first kappa shape index (κ1) is 17.9. The van der Waals surface area contributed by atoms with Crippen molar-refractivity contribution in [2.45, 2.75) is 20.0 Å². The van der Waals surface area contributed by atoms with Crippen molar-refractivity contribution in [3.63, 3.8) is 0 Å². The lowest BCUT2D eigenvalue weighted by Gasteiger charge is -2.15. The van der Waals surface area contributed by atoms with E-state index in [1.807, 2.05) is 0 Å². The third kappa shape index (κ3) is 4.28. The van der Waals surface area contributed by atoms with Crippen molar-refractivity contribution in [3.8, 4) is 5.75 Å². The fourth-order valence-electron chi connectivity index (χ4n) is 2.10. The van der Waals surface area contributed by atoms with E-state index >= 15 is 0 Å². The topological polar surface area (TPSA) is 125 Å². The second-order valence-electron chi connectivity index (χ2n) is 5.21. The molecule has 0 aliphatic heterocycles. The summed E-state index contributed by atoms with van der Waals surface area (Å²) >= 11 is 0. The summed E-state index contributed by atoms with van der Waals surface area (Å²) < 4.78 is 5.43. The SMILES string of the molecule is Cc1c(NC(=O)C(C)Oc2ccc([N+](=O)[O-])cc2)cccc1[N+](=O)[O-]. The summed E-state index contributed by atoms with van der Waals surface area (Å²) in [4.78, 5) is 32.7. The molecule has 0 bridgehead atoms. The molecular weight excluding hydrogens is 330 g/mol. The van der Waals surface area contributed by atoms with Crippen LogP contribution in [0.1, 0.15) is 12.5 Å². The van der Waals surface area contributed by atoms with Crippen molar-refractivity contribution in [2.24, 2.45) is 0 Å². The molecule has 2 rings (SSSR count). The number of carbonyl (C=O) groups is 1. The number of rotatable bonds is 6. The number of anilines is 1. The van der Waals surface area contributed by atoms with E-state index in [9.17, 15) is 25.0 Å². The average molecular weight is 345 g/mol. The molecule has 9 nitrogen and oxygen atoms in total. The number of benzene rings is 2. The summed E-state index contributed by atoms with van der Waals surface area (Å²) in [5.41, 5.74) is 0.472. The van der Waals surface area contributed by atoms with E-state index in [0.29, 0.717) is 17.0 Å². The number of nitrogens with zero attached hydrogens (tertiary/aromatic N) is 2. The zero-order valence-corrected chi connectivity index (χ0v) is 13.5. The monoisotopic (exact) mass is 345 g/mol. The molecule has 0 fully saturated rings. The number of amides is 1. The van der Waals surface area contributed by atoms with E-state index in [1.54, 1.807) is 6.07 Å². The van der Waals surface area contributed by atoms with Crippen LogP contribution in [0.5, 0.6) is 5.75 Å². The van der Waals surface area contributed by atoms with Crippen LogP contribution in [-0.4, -0.2) is 21.9 Å². The second-order valence-corrected chi connectivity index (χ2v) is 5.21. The van der Waals surface area contributed by atoms with Gasteiger partial charge in [-0.25, -0.2) is 0 Å². The van der Waals surface area contributed by atoms with Gasteiger partial charge in [0, 0.05) is 18.2 Å². The van der Waals surface area contributed by atoms with Gasteiger partial charge in [-0.1, -0.05) is 6.07 Å². The fourth-order valence-corrected chi connectivity index (χ4v) is 2.10. The lowest BCUT2D eigenvalue weighted by molar-refractivity contribution is -0.385. The molecular formula is C16H15N3O6. The van der Waals surface area contributed by atoms with E-state index in [4.69, 9.17) is 4.74 Å². The first-order valence-electron chi connectivity index (χ1n) is 7.25. The minimum absolute atomic E-state index is 0.0864. The standard InChI is InChI=1S/C16H15N3O6/c1-10-14(4-3-5-15(10)19(23)24)17-16(20)11(2)25-13-8-6-12(7-9-13)18(21)22/h3-9,11H,1-2H3,(H,17,20). The van der Waals surface area contributed by atoms with Crippen molar-refractivity contribution in [1.29, 1.82) is 0 Å². The largest absolute Gasteiger partial charge is 0.481 e. The summed E-state index contributed by atoms with van der Waals surface area (Å²) in [5, 5.41) is 24.1. The van der Waals surface area contributed by atoms with Crippen LogP contribution < -0.4 is 10.1 Å². The molecule has 25 heavy (non-hydrogen) atoms. The Kier molecular flexibility index (Phi) is 5.28. The van der Waals surface area contributed by atoms with Gasteiger partial charge in [0.15, 0.2) is 6.10 Å². The van der Waals surface area contributed by atoms with Gasteiger partial charge in [-0.2, -0.15) is 0 Å². The lowest BCUT2D eigenvalue weighted by atomic mass is 10.1. The molecule has 0 saturated heterocycles. The van der Waals surface area contributed by atoms with Crippen molar-refractivity contribution in [2.75, 3.05) is 5.32 Å². The van der Waals surface area contributed by atoms with Crippen molar-refractivity contribution in [1.82, 2.24) is 0 Å². The minimum Gasteiger partial charge on any atom is -0.481 e. The first-order chi connectivity index (χ1) is 11.8. The Bertz CT molecular complexity index is 819. The second kappa shape index (κ2) is 7.39. The number of hydrogen-bond donors (Lipinski definition) is 1. The first-order valence-corrected chi connectivity index (χ1v) is 7.25. The van der Waals surface area contributed by atoms with Gasteiger partial charge >= 0.3 is 0 Å². The molecule has 1 atom stereocenters. The highest BCUT2D eigenvalue weighted by Crippen LogP contribution is 2.25. The van der Waals surface area contributed by atoms with E-state index < -0.39 is 21.9 Å². The smallest absolute Gasteiger partial charge is 0.274 e. The number of hydrogen-bond acceptors (Lipinski definition) is 6. The van der Waals surface area contributed by atoms with E-state index in [1.165, 1.54) is 50.2 Å². The summed E-state index contributed by atoms with van der Waals surface area (Å²) in [6.45, 7) is 3.04. The third-order valence-electron chi connectivity index (χ3n) is 3.49. The number of ether oxygens (including phenoxy) is 1. The summed E-state index contributed by atoms with van der Waals surface area (Å²) in [6.07, 6.45) is -0.903. The Morgan fingerprint density at radius 1 is 1.08 bits per heavy atom. The Morgan fingerprint density at radius 3 is 2.28 bits per heavy atom. The van der Waals surface area contributed by atoms with Gasteiger partial charge in [0.05, 0.1) is 21.1 Å². The van der Waals surface area contributed by atoms with E-state index in [-0.39, 0.29) is 11.4 Å². The van der Waals surface area contributed by atoms with Crippen LogP contribution in [0.2, 0.25) is 0 Å². The molecule has 0 spiro atoms. The molecule has 2 aromatic carbocycles. The van der Waals surface area contributed by atoms with Crippen LogP contribution in [0.4, 0.5) is 17.1 Å². The maximum absolute atomic E-state index is 12.2. The Balaban J connectivity index is 2.07. The molecule has 1 unspecified atom stereocenters. The van der Waals surface area contributed by atoms with Crippen LogP contribution in [0.3, 0.4) is 0 Å². The molecule has 9 heteroatoms. The van der Waals surface area contributed by atoms with E-state index in [2.05, 4.69) is 5.32 Å². The molecule has 0 aromatic heterocycles. The van der Waals surface area contributed by atoms with Gasteiger partial charge in [0.1, 0.15) is 5.75 Å². The Morgan fingerprint density at radius 2 is 1.72 bits per heavy atom. The van der Waals surface area contributed by atoms with E-state index in [0.717, 1.165) is 0 Å². The average Bonchev–Trinajstić information content (AvgIpc) is 2.56. The van der Waals surface area contributed by atoms with Crippen molar-refractivity contribution in [3.05, 3.63) is 68.3 Å². The molecule has 0 radical (unpaired) electrons. The highest BCUT2D eigenvalue weighted by atomic mass is 16.6. The molecule has 0 heterocycles. The van der Waals surface area contributed by atoms with Crippen molar-refractivity contribution < 1.29 is 19.4 Å². The predicted octanol–water partition coefficient (Wildman–Crippen LogP) is 3.22. The number of nitrogens with one attached hydrogen (secondary N) is 1. The van der Waals surface area contributed by atoms with Crippen molar-refractivity contribution >= 4 is 23.0 Å². The fraction of sp³-hybridized carbons (Fsp3) is 0.188. The molecule has 0 aliphatic carbocycles. The zero-order valence-electron chi connectivity index (χ0n) is 13.5. The summed E-state index contributed by atoms with van der Waals surface area (Å²) in [7, 11) is 0. The lowest BCUT2D eigenvalue weighted by Crippen LogP contribution is -2.30. The number of carbonyl (C=O) groups excluding carboxylic acids is 1. The van der Waals surface area contributed by atoms with Crippen LogP contribution >= 0.6 is 0 Å². The predicted molar refractivity (Wildman–Crippen MR) is 89.6 cm³/mol. The van der Waals surface area contributed by atoms with Crippen LogP contribution in [-0.2, 0) is 4.79 Å². The molecule has 1 N–H and O–H groups in total. The maximum Gasteiger partial charge on any atom is 0.274 e. The summed E-state index contributed by atoms with van der Waals surface area (Å²) in [6, 6.07) is 9.69. The number of nitro groups is 2. The van der Waals surface area contributed by atoms with Gasteiger partial charge in [0.2, 0.25) is 0 Å². The molecule has 2 aromatic rings. The Labute approximate surface area is 142 Å². The quantitative estimate of drug-likeness (QED) is 0.633. The van der Waals surface area contributed by atoms with Gasteiger partial charge in [-0.15, -0.1) is 0 Å². The van der Waals surface area contributed by atoms with Crippen LogP contribution in [0.15, 0.2) is 42.5 Å². The van der Waals surface area contributed by atoms with Gasteiger partial charge in [0.25, 0.3) is 17.3 Å². The molecule has 130 valence electrons. The van der Waals surface area contributed by atoms with Gasteiger partial charge in [-0.3, -0.25) is 25.0 Å². The molecule has 1 amide bonds. The van der Waals surface area contributed by atoms with Gasteiger partial charge in [-0.05, 0) is 32.0 Å². The number of non-ortho nitro benzene ring substituents is 1. The molecule has 0 aliphatic rings. The maximum atomic E-state index is 12.2. The minimum atomic E-state index is -0.903. The van der Waals surface area contributed by atoms with Crippen LogP contribution in [0, 0.1) is 27.2 Å². The summed E-state index contributed by atoms with van der Waals surface area (Å²) in [5.74, 6) is -0.203. The van der Waals surface area contributed by atoms with Crippen LogP contribution in [0.25, 0.3) is 0 Å². The highest BCUT2D eigenvalue weighted by Gasteiger charge is 2.19. The number of nitro benzene ring substituents is 2. The van der Waals surface area contributed by atoms with Gasteiger partial charge < -0.3 is 10.1 Å². The highest BCUT2D eigenvalue weighted by molar-refractivity contribution is 5.95. The third-order valence-corrected chi connectivity index (χ3v) is 3.49.